The first-order chi connectivity index (χ1) is 8.42. The Morgan fingerprint density at radius 3 is 2.59 bits per heavy atom. The Morgan fingerprint density at radius 1 is 1.06 bits per heavy atom. The van der Waals surface area contributed by atoms with Crippen molar-refractivity contribution in [2.75, 3.05) is 32.8 Å². The van der Waals surface area contributed by atoms with E-state index in [9.17, 15) is 0 Å². The third-order valence-electron chi connectivity index (χ3n) is 4.79. The third kappa shape index (κ3) is 3.01. The maximum absolute atomic E-state index is 5.73. The van der Waals surface area contributed by atoms with E-state index in [1.54, 1.807) is 0 Å². The van der Waals surface area contributed by atoms with E-state index in [1.165, 1.54) is 64.7 Å². The number of nitrogens with one attached hydrogen (secondary N) is 1. The molecule has 0 aromatic heterocycles. The van der Waals surface area contributed by atoms with Gasteiger partial charge in [0.05, 0.1) is 6.10 Å². The van der Waals surface area contributed by atoms with Crippen LogP contribution in [0.2, 0.25) is 0 Å². The van der Waals surface area contributed by atoms with Crippen molar-refractivity contribution in [3.8, 4) is 0 Å². The van der Waals surface area contributed by atoms with E-state index >= 15 is 0 Å². The maximum atomic E-state index is 5.73. The van der Waals surface area contributed by atoms with Crippen LogP contribution >= 0.6 is 0 Å². The van der Waals surface area contributed by atoms with Crippen molar-refractivity contribution in [2.45, 2.75) is 50.7 Å². The first-order valence-electron chi connectivity index (χ1n) is 7.49. The summed E-state index contributed by atoms with van der Waals surface area (Å²) in [7, 11) is 0. The summed E-state index contributed by atoms with van der Waals surface area (Å²) in [5.74, 6) is 0.943. The van der Waals surface area contributed by atoms with Crippen LogP contribution in [0.25, 0.3) is 0 Å². The van der Waals surface area contributed by atoms with Crippen molar-refractivity contribution in [2.24, 2.45) is 5.92 Å². The van der Waals surface area contributed by atoms with Crippen molar-refractivity contribution < 1.29 is 4.74 Å². The zero-order valence-electron chi connectivity index (χ0n) is 10.9. The van der Waals surface area contributed by atoms with Gasteiger partial charge >= 0.3 is 0 Å². The first kappa shape index (κ1) is 11.9. The van der Waals surface area contributed by atoms with Crippen molar-refractivity contribution >= 4 is 0 Å². The van der Waals surface area contributed by atoms with Gasteiger partial charge in [0.1, 0.15) is 0 Å². The largest absolute Gasteiger partial charge is 0.377 e. The van der Waals surface area contributed by atoms with Crippen molar-refractivity contribution in [1.82, 2.24) is 10.2 Å². The normalized spacial score (nSPS) is 36.7. The number of ether oxygens (including phenoxy) is 1. The summed E-state index contributed by atoms with van der Waals surface area (Å²) in [6.45, 7) is 6.02. The van der Waals surface area contributed by atoms with Gasteiger partial charge in [-0.2, -0.15) is 0 Å². The van der Waals surface area contributed by atoms with Gasteiger partial charge in [-0.25, -0.2) is 0 Å². The predicted octanol–water partition coefficient (Wildman–Crippen LogP) is 1.63. The highest BCUT2D eigenvalue weighted by molar-refractivity contribution is 4.86. The van der Waals surface area contributed by atoms with Gasteiger partial charge in [0, 0.05) is 19.2 Å². The average molecular weight is 238 g/mol. The Balaban J connectivity index is 1.40. The zero-order valence-corrected chi connectivity index (χ0v) is 10.9. The molecule has 0 radical (unpaired) electrons. The molecule has 0 aliphatic carbocycles. The van der Waals surface area contributed by atoms with Gasteiger partial charge in [-0.05, 0) is 64.1 Å². The molecule has 0 saturated carbocycles. The Morgan fingerprint density at radius 2 is 1.94 bits per heavy atom. The minimum Gasteiger partial charge on any atom is -0.377 e. The minimum atomic E-state index is 0.538. The molecule has 3 heterocycles. The smallest absolute Gasteiger partial charge is 0.0702 e. The van der Waals surface area contributed by atoms with E-state index in [4.69, 9.17) is 4.74 Å². The lowest BCUT2D eigenvalue weighted by atomic mass is 9.88. The quantitative estimate of drug-likeness (QED) is 0.809. The fraction of sp³-hybridized carbons (Fsp3) is 1.00. The van der Waals surface area contributed by atoms with Crippen LogP contribution < -0.4 is 5.32 Å². The molecule has 3 saturated heterocycles. The monoisotopic (exact) mass is 238 g/mol. The standard InChI is InChI=1S/C14H26N2O/c1-4-14(15-7-1)12-5-8-16(9-6-12)11-13-3-2-10-17-13/h12-15H,1-11H2. The van der Waals surface area contributed by atoms with E-state index in [-0.39, 0.29) is 0 Å². The number of nitrogens with zero attached hydrogens (tertiary/aromatic N) is 1. The van der Waals surface area contributed by atoms with Crippen LogP contribution in [0.5, 0.6) is 0 Å². The molecule has 98 valence electrons. The van der Waals surface area contributed by atoms with Gasteiger partial charge in [0.15, 0.2) is 0 Å². The van der Waals surface area contributed by atoms with Gasteiger partial charge in [0.25, 0.3) is 0 Å². The molecule has 3 fully saturated rings. The molecule has 3 heteroatoms. The molecular formula is C14H26N2O. The van der Waals surface area contributed by atoms with Crippen LogP contribution in [0.4, 0.5) is 0 Å². The van der Waals surface area contributed by atoms with E-state index in [0.29, 0.717) is 6.10 Å². The highest BCUT2D eigenvalue weighted by atomic mass is 16.5. The molecular weight excluding hydrogens is 212 g/mol. The second-order valence-corrected chi connectivity index (χ2v) is 5.98. The van der Waals surface area contributed by atoms with Crippen molar-refractivity contribution in [1.29, 1.82) is 0 Å². The lowest BCUT2D eigenvalue weighted by Crippen LogP contribution is -2.43. The summed E-state index contributed by atoms with van der Waals surface area (Å²) in [6.07, 6.45) is 8.68. The molecule has 3 aliphatic heterocycles. The average Bonchev–Trinajstić information content (AvgIpc) is 3.01. The fourth-order valence-corrected chi connectivity index (χ4v) is 3.73. The Bertz CT molecular complexity index is 226. The second kappa shape index (κ2) is 5.68. The van der Waals surface area contributed by atoms with Crippen LogP contribution in [-0.4, -0.2) is 49.8 Å². The Kier molecular flexibility index (Phi) is 3.99. The van der Waals surface area contributed by atoms with Crippen LogP contribution in [0, 0.1) is 5.92 Å². The van der Waals surface area contributed by atoms with Gasteiger partial charge in [-0.1, -0.05) is 0 Å². The summed E-state index contributed by atoms with van der Waals surface area (Å²) in [4.78, 5) is 2.63. The molecule has 0 amide bonds. The van der Waals surface area contributed by atoms with Gasteiger partial charge in [-0.15, -0.1) is 0 Å². The van der Waals surface area contributed by atoms with Gasteiger partial charge in [0.2, 0.25) is 0 Å². The topological polar surface area (TPSA) is 24.5 Å². The number of likely N-dealkylation sites (tertiary alicyclic amines) is 1. The Labute approximate surface area is 105 Å². The van der Waals surface area contributed by atoms with E-state index in [0.717, 1.165) is 18.6 Å². The number of hydrogen-bond acceptors (Lipinski definition) is 3. The lowest BCUT2D eigenvalue weighted by Gasteiger charge is -2.35. The van der Waals surface area contributed by atoms with Gasteiger partial charge in [-0.3, -0.25) is 0 Å². The zero-order chi connectivity index (χ0) is 11.5. The van der Waals surface area contributed by atoms with Crippen molar-refractivity contribution in [3.05, 3.63) is 0 Å². The predicted molar refractivity (Wildman–Crippen MR) is 69.2 cm³/mol. The summed E-state index contributed by atoms with van der Waals surface area (Å²) in [6, 6.07) is 0.833. The van der Waals surface area contributed by atoms with E-state index in [1.807, 2.05) is 0 Å². The molecule has 3 aliphatic rings. The maximum Gasteiger partial charge on any atom is 0.0702 e. The molecule has 0 spiro atoms. The molecule has 17 heavy (non-hydrogen) atoms. The van der Waals surface area contributed by atoms with E-state index in [2.05, 4.69) is 10.2 Å². The van der Waals surface area contributed by atoms with Crippen LogP contribution in [0.3, 0.4) is 0 Å². The first-order valence-corrected chi connectivity index (χ1v) is 7.49. The molecule has 3 nitrogen and oxygen atoms in total. The number of hydrogen-bond donors (Lipinski definition) is 1. The molecule has 3 rings (SSSR count). The highest BCUT2D eigenvalue weighted by Gasteiger charge is 2.29. The molecule has 2 unspecified atom stereocenters. The molecule has 0 aromatic rings. The number of rotatable bonds is 3. The summed E-state index contributed by atoms with van der Waals surface area (Å²) < 4.78 is 5.73. The number of piperidine rings is 1. The van der Waals surface area contributed by atoms with Crippen molar-refractivity contribution in [3.63, 3.8) is 0 Å². The minimum absolute atomic E-state index is 0.538. The lowest BCUT2D eigenvalue weighted by molar-refractivity contribution is 0.0569. The van der Waals surface area contributed by atoms with Crippen LogP contribution in [0.1, 0.15) is 38.5 Å². The molecule has 0 aromatic carbocycles. The fourth-order valence-electron chi connectivity index (χ4n) is 3.73. The third-order valence-corrected chi connectivity index (χ3v) is 4.79. The summed E-state index contributed by atoms with van der Waals surface area (Å²) >= 11 is 0. The highest BCUT2D eigenvalue weighted by Crippen LogP contribution is 2.26. The SMILES string of the molecule is C1COC(CN2CCC(C3CCCN3)CC2)C1. The molecule has 2 atom stereocenters. The van der Waals surface area contributed by atoms with E-state index < -0.39 is 0 Å². The molecule has 1 N–H and O–H groups in total. The Hall–Kier alpha value is -0.120. The van der Waals surface area contributed by atoms with Crippen LogP contribution in [-0.2, 0) is 4.74 Å². The summed E-state index contributed by atoms with van der Waals surface area (Å²) in [5, 5.41) is 3.67. The summed E-state index contributed by atoms with van der Waals surface area (Å²) in [5.41, 5.74) is 0. The molecule has 0 bridgehead atoms. The van der Waals surface area contributed by atoms with Gasteiger partial charge < -0.3 is 15.0 Å². The van der Waals surface area contributed by atoms with Crippen LogP contribution in [0.15, 0.2) is 0 Å². The second-order valence-electron chi connectivity index (χ2n) is 5.98.